The first kappa shape index (κ1) is 15.0. The van der Waals surface area contributed by atoms with E-state index in [1.165, 1.54) is 7.11 Å². The van der Waals surface area contributed by atoms with Crippen molar-refractivity contribution in [3.05, 3.63) is 29.8 Å². The third-order valence-electron chi connectivity index (χ3n) is 5.23. The number of hydrogen-bond acceptors (Lipinski definition) is 5. The lowest BCUT2D eigenvalue weighted by Crippen LogP contribution is -2.50. The van der Waals surface area contributed by atoms with E-state index >= 15 is 0 Å². The first-order chi connectivity index (χ1) is 10.6. The molecule has 0 heterocycles. The van der Waals surface area contributed by atoms with E-state index in [4.69, 9.17) is 9.47 Å². The fourth-order valence-electron chi connectivity index (χ4n) is 4.16. The number of Topliss-reactive ketones (excluding diaryl/α,β-unsaturated/α-hetero) is 1. The molecule has 0 aromatic heterocycles. The Labute approximate surface area is 129 Å². The van der Waals surface area contributed by atoms with Gasteiger partial charge in [0.25, 0.3) is 0 Å². The van der Waals surface area contributed by atoms with Crippen LogP contribution in [0.15, 0.2) is 24.3 Å². The van der Waals surface area contributed by atoms with Crippen LogP contribution in [0.2, 0.25) is 0 Å². The Hall–Kier alpha value is -1.88. The number of carbonyl (C=O) groups excluding carboxylic acids is 2. The third kappa shape index (κ3) is 1.88. The van der Waals surface area contributed by atoms with Crippen molar-refractivity contribution in [2.45, 2.75) is 31.3 Å². The monoisotopic (exact) mass is 304 g/mol. The molecule has 2 bridgehead atoms. The zero-order chi connectivity index (χ0) is 15.9. The van der Waals surface area contributed by atoms with Gasteiger partial charge in [-0.2, -0.15) is 0 Å². The highest BCUT2D eigenvalue weighted by molar-refractivity contribution is 6.08. The molecule has 118 valence electrons. The number of aliphatic hydroxyl groups is 1. The molecule has 4 atom stereocenters. The van der Waals surface area contributed by atoms with E-state index in [2.05, 4.69) is 0 Å². The lowest BCUT2D eigenvalue weighted by molar-refractivity contribution is -0.162. The fraction of sp³-hybridized carbons (Fsp3) is 0.529. The normalized spacial score (nSPS) is 33.6. The Morgan fingerprint density at radius 3 is 2.73 bits per heavy atom. The summed E-state index contributed by atoms with van der Waals surface area (Å²) in [6.45, 7) is 0. The van der Waals surface area contributed by atoms with Crippen LogP contribution in [0.25, 0.3) is 0 Å². The van der Waals surface area contributed by atoms with Gasteiger partial charge in [0.15, 0.2) is 5.78 Å². The molecular weight excluding hydrogens is 284 g/mol. The van der Waals surface area contributed by atoms with Crippen molar-refractivity contribution in [2.24, 2.45) is 11.3 Å². The van der Waals surface area contributed by atoms with Crippen molar-refractivity contribution in [2.75, 3.05) is 14.2 Å². The van der Waals surface area contributed by atoms with E-state index < -0.39 is 29.3 Å². The van der Waals surface area contributed by atoms with Gasteiger partial charge in [-0.15, -0.1) is 0 Å². The van der Waals surface area contributed by atoms with Crippen molar-refractivity contribution < 1.29 is 24.2 Å². The van der Waals surface area contributed by atoms with Crippen LogP contribution in [0.3, 0.4) is 0 Å². The summed E-state index contributed by atoms with van der Waals surface area (Å²) in [5.74, 6) is -0.930. The second-order valence-electron chi connectivity index (χ2n) is 6.07. The van der Waals surface area contributed by atoms with E-state index in [0.29, 0.717) is 25.0 Å². The van der Waals surface area contributed by atoms with Gasteiger partial charge in [0.2, 0.25) is 0 Å². The van der Waals surface area contributed by atoms with Gasteiger partial charge >= 0.3 is 5.97 Å². The van der Waals surface area contributed by atoms with Gasteiger partial charge in [-0.1, -0.05) is 18.2 Å². The first-order valence-corrected chi connectivity index (χ1v) is 7.50. The lowest BCUT2D eigenvalue weighted by Gasteiger charge is -2.39. The van der Waals surface area contributed by atoms with E-state index in [0.717, 1.165) is 5.56 Å². The minimum Gasteiger partial charge on any atom is -0.496 e. The van der Waals surface area contributed by atoms with Crippen LogP contribution < -0.4 is 4.74 Å². The quantitative estimate of drug-likeness (QED) is 0.679. The molecule has 5 nitrogen and oxygen atoms in total. The number of esters is 1. The van der Waals surface area contributed by atoms with Crippen LogP contribution in [0.5, 0.6) is 5.75 Å². The molecule has 2 saturated carbocycles. The van der Waals surface area contributed by atoms with Crippen molar-refractivity contribution in [1.82, 2.24) is 0 Å². The molecule has 0 spiro atoms. The maximum absolute atomic E-state index is 12.8. The van der Waals surface area contributed by atoms with E-state index in [1.807, 2.05) is 18.2 Å². The second-order valence-corrected chi connectivity index (χ2v) is 6.07. The average molecular weight is 304 g/mol. The van der Waals surface area contributed by atoms with Gasteiger partial charge < -0.3 is 14.6 Å². The number of benzene rings is 1. The summed E-state index contributed by atoms with van der Waals surface area (Å²) in [5.41, 5.74) is -0.407. The van der Waals surface area contributed by atoms with Gasteiger partial charge in [-0.3, -0.25) is 9.59 Å². The van der Waals surface area contributed by atoms with Crippen LogP contribution in [0.4, 0.5) is 0 Å². The molecule has 22 heavy (non-hydrogen) atoms. The predicted molar refractivity (Wildman–Crippen MR) is 78.5 cm³/mol. The molecule has 2 aliphatic rings. The number of carbonyl (C=O) groups is 2. The van der Waals surface area contributed by atoms with Crippen LogP contribution >= 0.6 is 0 Å². The Kier molecular flexibility index (Phi) is 3.68. The number of aliphatic hydroxyl groups excluding tert-OH is 1. The first-order valence-electron chi connectivity index (χ1n) is 7.50. The number of rotatable bonds is 3. The second kappa shape index (κ2) is 5.39. The van der Waals surface area contributed by atoms with Crippen LogP contribution in [-0.2, 0) is 14.3 Å². The Morgan fingerprint density at radius 1 is 1.32 bits per heavy atom. The molecule has 1 N–H and O–H groups in total. The summed E-state index contributed by atoms with van der Waals surface area (Å²) in [5, 5.41) is 10.3. The van der Waals surface area contributed by atoms with Crippen LogP contribution in [0.1, 0.15) is 30.7 Å². The molecule has 0 amide bonds. The summed E-state index contributed by atoms with van der Waals surface area (Å²) in [6, 6.07) is 7.34. The standard InChI is InChI=1S/C17H20O5/c1-21-14-6-4-3-5-10(14)12-9-13(18)11-7-8-17(12,15(11)19)16(20)22-2/h3-6,11-13,18H,7-9H2,1-2H3/t11-,12+,13-,17+/m0/s1. The van der Waals surface area contributed by atoms with Crippen molar-refractivity contribution in [3.8, 4) is 5.75 Å². The number of para-hydroxylation sites is 1. The Morgan fingerprint density at radius 2 is 2.05 bits per heavy atom. The Bertz CT molecular complexity index is 611. The van der Waals surface area contributed by atoms with Crippen LogP contribution in [-0.4, -0.2) is 37.2 Å². The van der Waals surface area contributed by atoms with E-state index in [1.54, 1.807) is 13.2 Å². The summed E-state index contributed by atoms with van der Waals surface area (Å²) >= 11 is 0. The highest BCUT2D eigenvalue weighted by Crippen LogP contribution is 2.57. The molecule has 0 radical (unpaired) electrons. The molecule has 3 rings (SSSR count). The number of methoxy groups -OCH3 is 2. The third-order valence-corrected chi connectivity index (χ3v) is 5.23. The maximum atomic E-state index is 12.8. The van der Waals surface area contributed by atoms with E-state index in [9.17, 15) is 14.7 Å². The number of hydrogen-bond donors (Lipinski definition) is 1. The molecule has 0 aliphatic heterocycles. The molecule has 1 aromatic carbocycles. The molecule has 0 saturated heterocycles. The minimum atomic E-state index is -1.19. The van der Waals surface area contributed by atoms with Gasteiger partial charge in [0.05, 0.1) is 20.3 Å². The molecular formula is C17H20O5. The smallest absolute Gasteiger partial charge is 0.320 e. The summed E-state index contributed by atoms with van der Waals surface area (Å²) in [7, 11) is 2.87. The summed E-state index contributed by atoms with van der Waals surface area (Å²) < 4.78 is 10.3. The molecule has 2 fully saturated rings. The van der Waals surface area contributed by atoms with Gasteiger partial charge in [-0.25, -0.2) is 0 Å². The van der Waals surface area contributed by atoms with Crippen molar-refractivity contribution >= 4 is 11.8 Å². The summed E-state index contributed by atoms with van der Waals surface area (Å²) in [4.78, 5) is 25.3. The number of ether oxygens (including phenoxy) is 2. The average Bonchev–Trinajstić information content (AvgIpc) is 2.80. The molecule has 2 aliphatic carbocycles. The largest absolute Gasteiger partial charge is 0.496 e. The highest BCUT2D eigenvalue weighted by Gasteiger charge is 2.64. The molecule has 0 unspecified atom stereocenters. The van der Waals surface area contributed by atoms with E-state index in [-0.39, 0.29) is 5.78 Å². The number of fused-ring (bicyclic) bond motifs is 2. The maximum Gasteiger partial charge on any atom is 0.320 e. The molecule has 5 heteroatoms. The van der Waals surface area contributed by atoms with Crippen molar-refractivity contribution in [1.29, 1.82) is 0 Å². The fourth-order valence-corrected chi connectivity index (χ4v) is 4.16. The van der Waals surface area contributed by atoms with Gasteiger partial charge in [-0.05, 0) is 30.9 Å². The lowest BCUT2D eigenvalue weighted by atomic mass is 9.63. The summed E-state index contributed by atoms with van der Waals surface area (Å²) in [6.07, 6.45) is 0.595. The SMILES string of the molecule is COC(=O)[C@@]12CC[C@H](C1=O)[C@@H](O)C[C@@H]2c1ccccc1OC. The van der Waals surface area contributed by atoms with Crippen LogP contribution in [0, 0.1) is 11.3 Å². The topological polar surface area (TPSA) is 72.8 Å². The Balaban J connectivity index is 2.15. The number of ketones is 1. The highest BCUT2D eigenvalue weighted by atomic mass is 16.5. The van der Waals surface area contributed by atoms with Crippen molar-refractivity contribution in [3.63, 3.8) is 0 Å². The molecule has 1 aromatic rings. The van der Waals surface area contributed by atoms with Gasteiger partial charge in [0, 0.05) is 11.8 Å². The zero-order valence-corrected chi connectivity index (χ0v) is 12.7. The minimum absolute atomic E-state index is 0.186. The zero-order valence-electron chi connectivity index (χ0n) is 12.7. The predicted octanol–water partition coefficient (Wildman–Crippen LogP) is 1.68. The van der Waals surface area contributed by atoms with Gasteiger partial charge in [0.1, 0.15) is 11.2 Å².